The Morgan fingerprint density at radius 3 is 3.06 bits per heavy atom. The third kappa shape index (κ3) is 2.38. The van der Waals surface area contributed by atoms with E-state index in [2.05, 4.69) is 25.2 Å². The summed E-state index contributed by atoms with van der Waals surface area (Å²) in [5, 5.41) is 0. The van der Waals surface area contributed by atoms with E-state index < -0.39 is 0 Å². The summed E-state index contributed by atoms with van der Waals surface area (Å²) < 4.78 is 11.2. The van der Waals surface area contributed by atoms with Crippen molar-refractivity contribution in [3.63, 3.8) is 0 Å². The predicted molar refractivity (Wildman–Crippen MR) is 65.4 cm³/mol. The molecule has 3 aliphatic carbocycles. The lowest BCUT2D eigenvalue weighted by Gasteiger charge is -2.36. The van der Waals surface area contributed by atoms with Crippen molar-refractivity contribution in [1.82, 2.24) is 0 Å². The Hall–Kier alpha value is -0.600. The Labute approximate surface area is 98.3 Å². The van der Waals surface area contributed by atoms with Crippen LogP contribution in [0, 0.1) is 5.92 Å². The lowest BCUT2D eigenvalue weighted by atomic mass is 9.78. The molecular weight excluding hydrogens is 200 g/mol. The maximum atomic E-state index is 5.95. The highest BCUT2D eigenvalue weighted by Gasteiger charge is 2.32. The van der Waals surface area contributed by atoms with E-state index in [4.69, 9.17) is 9.47 Å². The van der Waals surface area contributed by atoms with Gasteiger partial charge in [0.1, 0.15) is 5.60 Å². The largest absolute Gasteiger partial charge is 0.380 e. The van der Waals surface area contributed by atoms with E-state index in [9.17, 15) is 0 Å². The minimum atomic E-state index is -0.139. The van der Waals surface area contributed by atoms with Gasteiger partial charge >= 0.3 is 0 Å². The van der Waals surface area contributed by atoms with Crippen LogP contribution < -0.4 is 0 Å². The molecule has 0 aliphatic heterocycles. The van der Waals surface area contributed by atoms with Crippen LogP contribution in [0.15, 0.2) is 23.8 Å². The summed E-state index contributed by atoms with van der Waals surface area (Å²) in [7, 11) is 1.77. The van der Waals surface area contributed by atoms with Crippen LogP contribution in [0.1, 0.15) is 32.6 Å². The van der Waals surface area contributed by atoms with Gasteiger partial charge in [0.25, 0.3) is 0 Å². The fraction of sp³-hybridized carbons (Fsp3) is 0.714. The van der Waals surface area contributed by atoms with Gasteiger partial charge in [0.2, 0.25) is 0 Å². The van der Waals surface area contributed by atoms with Gasteiger partial charge in [0.05, 0.1) is 6.61 Å². The fourth-order valence-corrected chi connectivity index (χ4v) is 2.82. The number of methoxy groups -OCH3 is 1. The lowest BCUT2D eigenvalue weighted by molar-refractivity contribution is 0.0221. The molecule has 2 heteroatoms. The molecule has 2 nitrogen and oxygen atoms in total. The molecule has 0 N–H and O–H groups in total. The van der Waals surface area contributed by atoms with Crippen molar-refractivity contribution in [1.29, 1.82) is 0 Å². The van der Waals surface area contributed by atoms with E-state index in [-0.39, 0.29) is 5.60 Å². The molecule has 2 bridgehead atoms. The van der Waals surface area contributed by atoms with Crippen LogP contribution in [0.3, 0.4) is 0 Å². The zero-order chi connectivity index (χ0) is 11.4. The molecule has 0 aromatic heterocycles. The van der Waals surface area contributed by atoms with E-state index in [0.29, 0.717) is 5.92 Å². The van der Waals surface area contributed by atoms with Gasteiger partial charge in [-0.15, -0.1) is 0 Å². The van der Waals surface area contributed by atoms with Crippen LogP contribution in [0.2, 0.25) is 0 Å². The molecule has 2 atom stereocenters. The van der Waals surface area contributed by atoms with E-state index in [1.54, 1.807) is 7.11 Å². The molecule has 0 aromatic rings. The van der Waals surface area contributed by atoms with Gasteiger partial charge in [0.15, 0.2) is 0 Å². The molecule has 0 spiro atoms. The monoisotopic (exact) mass is 222 g/mol. The first-order valence-electron chi connectivity index (χ1n) is 6.33. The minimum absolute atomic E-state index is 0.139. The Kier molecular flexibility index (Phi) is 3.82. The smallest absolute Gasteiger partial charge is 0.105 e. The van der Waals surface area contributed by atoms with Crippen molar-refractivity contribution >= 4 is 0 Å². The molecular formula is C14H22O2. The number of rotatable bonds is 4. The Bertz CT molecular complexity index is 293. The normalized spacial score (nSPS) is 33.4. The van der Waals surface area contributed by atoms with Crippen molar-refractivity contribution < 1.29 is 9.47 Å². The second-order valence-corrected chi connectivity index (χ2v) is 4.75. The summed E-state index contributed by atoms with van der Waals surface area (Å²) in [6.07, 6.45) is 11.8. The minimum Gasteiger partial charge on any atom is -0.380 e. The molecule has 3 rings (SSSR count). The van der Waals surface area contributed by atoms with Gasteiger partial charge in [-0.2, -0.15) is 0 Å². The standard InChI is InChI=1S/C14H22O2/c1-3-16-14-8-5-4-6-12(7-9-14)13(10-14)11-15-2/h7,9-10,12H,3-6,8,11H2,1-2H3/t12-,14-/m0/s1. The summed E-state index contributed by atoms with van der Waals surface area (Å²) in [5.41, 5.74) is 1.26. The average Bonchev–Trinajstić information content (AvgIpc) is 2.23. The van der Waals surface area contributed by atoms with Crippen LogP contribution in [-0.4, -0.2) is 25.9 Å². The van der Waals surface area contributed by atoms with Crippen molar-refractivity contribution in [2.75, 3.05) is 20.3 Å². The first kappa shape index (κ1) is 11.9. The van der Waals surface area contributed by atoms with E-state index >= 15 is 0 Å². The Morgan fingerprint density at radius 1 is 1.44 bits per heavy atom. The van der Waals surface area contributed by atoms with E-state index in [0.717, 1.165) is 19.6 Å². The summed E-state index contributed by atoms with van der Waals surface area (Å²) in [6, 6.07) is 0. The number of fused-ring (bicyclic) bond motifs is 3. The summed E-state index contributed by atoms with van der Waals surface area (Å²) >= 11 is 0. The third-order valence-electron chi connectivity index (χ3n) is 3.57. The topological polar surface area (TPSA) is 18.5 Å². The molecule has 3 aliphatic rings. The van der Waals surface area contributed by atoms with Crippen LogP contribution in [0.5, 0.6) is 0 Å². The highest BCUT2D eigenvalue weighted by atomic mass is 16.5. The third-order valence-corrected chi connectivity index (χ3v) is 3.57. The first-order valence-corrected chi connectivity index (χ1v) is 6.33. The molecule has 16 heavy (non-hydrogen) atoms. The molecule has 0 saturated heterocycles. The van der Waals surface area contributed by atoms with Gasteiger partial charge in [0, 0.05) is 19.6 Å². The van der Waals surface area contributed by atoms with Gasteiger partial charge in [-0.05, 0) is 37.8 Å². The number of hydrogen-bond acceptors (Lipinski definition) is 2. The molecule has 0 radical (unpaired) electrons. The maximum absolute atomic E-state index is 5.95. The second-order valence-electron chi connectivity index (χ2n) is 4.75. The second kappa shape index (κ2) is 5.15. The fourth-order valence-electron chi connectivity index (χ4n) is 2.82. The summed E-state index contributed by atoms with van der Waals surface area (Å²) in [5.74, 6) is 0.578. The molecule has 0 aromatic carbocycles. The highest BCUT2D eigenvalue weighted by Crippen LogP contribution is 2.37. The van der Waals surface area contributed by atoms with Gasteiger partial charge in [-0.25, -0.2) is 0 Å². The molecule has 0 fully saturated rings. The zero-order valence-corrected chi connectivity index (χ0v) is 10.4. The Balaban J connectivity index is 2.24. The summed E-state index contributed by atoms with van der Waals surface area (Å²) in [4.78, 5) is 0. The molecule has 90 valence electrons. The zero-order valence-electron chi connectivity index (χ0n) is 10.4. The average molecular weight is 222 g/mol. The molecule has 0 amide bonds. The maximum Gasteiger partial charge on any atom is 0.105 e. The quantitative estimate of drug-likeness (QED) is 0.680. The van der Waals surface area contributed by atoms with Crippen LogP contribution in [0.25, 0.3) is 0 Å². The van der Waals surface area contributed by atoms with Crippen LogP contribution in [-0.2, 0) is 9.47 Å². The van der Waals surface area contributed by atoms with Crippen LogP contribution >= 0.6 is 0 Å². The SMILES string of the molecule is CCO[C@]12C=C[C@H](CCCC1)C(COC)=C2. The van der Waals surface area contributed by atoms with E-state index in [1.807, 2.05) is 0 Å². The number of hydrogen-bond donors (Lipinski definition) is 0. The first-order chi connectivity index (χ1) is 7.79. The number of allylic oxidation sites excluding steroid dienone is 1. The van der Waals surface area contributed by atoms with Crippen molar-refractivity contribution in [2.24, 2.45) is 5.92 Å². The predicted octanol–water partition coefficient (Wildman–Crippen LogP) is 3.09. The van der Waals surface area contributed by atoms with Crippen molar-refractivity contribution in [3.05, 3.63) is 23.8 Å². The van der Waals surface area contributed by atoms with Crippen LogP contribution in [0.4, 0.5) is 0 Å². The van der Waals surface area contributed by atoms with Gasteiger partial charge in [-0.1, -0.05) is 18.6 Å². The molecule has 0 heterocycles. The molecule has 0 saturated carbocycles. The lowest BCUT2D eigenvalue weighted by Crippen LogP contribution is -2.34. The van der Waals surface area contributed by atoms with E-state index in [1.165, 1.54) is 24.8 Å². The highest BCUT2D eigenvalue weighted by molar-refractivity contribution is 5.31. The summed E-state index contributed by atoms with van der Waals surface area (Å²) in [6.45, 7) is 3.58. The van der Waals surface area contributed by atoms with Crippen molar-refractivity contribution in [2.45, 2.75) is 38.2 Å². The van der Waals surface area contributed by atoms with Crippen molar-refractivity contribution in [3.8, 4) is 0 Å². The van der Waals surface area contributed by atoms with Gasteiger partial charge < -0.3 is 9.47 Å². The number of ether oxygens (including phenoxy) is 2. The Morgan fingerprint density at radius 2 is 2.31 bits per heavy atom. The van der Waals surface area contributed by atoms with Gasteiger partial charge in [-0.3, -0.25) is 0 Å². The molecule has 0 unspecified atom stereocenters.